The van der Waals surface area contributed by atoms with Crippen LogP contribution in [0.15, 0.2) is 97.1 Å². The molecule has 2 aromatic rings. The minimum atomic E-state index is -3.57. The van der Waals surface area contributed by atoms with E-state index in [4.69, 9.17) is 32.7 Å². The van der Waals surface area contributed by atoms with Crippen molar-refractivity contribution in [3.8, 4) is 11.5 Å². The summed E-state index contributed by atoms with van der Waals surface area (Å²) >= 11 is 0. The Morgan fingerprint density at radius 1 is 0.714 bits per heavy atom. The molecule has 0 heterocycles. The van der Waals surface area contributed by atoms with Gasteiger partial charge in [0.1, 0.15) is 30.1 Å². The number of allylic oxidation sites excluding steroid dienone is 6. The van der Waals surface area contributed by atoms with Gasteiger partial charge in [0, 0.05) is 5.92 Å². The number of benzene rings is 2. The standard InChI is InChI=1S/C44H61O11P/c1-7-38(55-44(47)34-56(48,53-8-2)54-9-3)20-17-22-43(52-33-37-25-29-40(50-6)30-26-37)35(4)42(46)21-15-12-14-19-41(18-13-10-11-16-31-45)51-32-36-23-27-39(49-5)28-24-36/h10-16,21,23-31,35,38,41,43H,7-9,17-20,22,32-34H2,1-6H3/b13-10+,14-12+,16-11+,21-15+/t35-,38-,41+,43-/m0/s1. The predicted molar refractivity (Wildman–Crippen MR) is 219 cm³/mol. The highest BCUT2D eigenvalue weighted by Crippen LogP contribution is 2.48. The Labute approximate surface area is 333 Å². The maximum absolute atomic E-state index is 13.4. The second-order valence-electron chi connectivity index (χ2n) is 12.9. The molecule has 0 aromatic heterocycles. The van der Waals surface area contributed by atoms with Gasteiger partial charge in [-0.05, 0) is 99.9 Å². The Bertz CT molecular complexity index is 1570. The highest BCUT2D eigenvalue weighted by atomic mass is 31.2. The molecule has 0 aliphatic rings. The quantitative estimate of drug-likeness (QED) is 0.0246. The van der Waals surface area contributed by atoms with Gasteiger partial charge in [-0.2, -0.15) is 0 Å². The average molecular weight is 797 g/mol. The minimum Gasteiger partial charge on any atom is -0.497 e. The Balaban J connectivity index is 2.06. The minimum absolute atomic E-state index is 0.0762. The van der Waals surface area contributed by atoms with Crippen molar-refractivity contribution in [1.82, 2.24) is 0 Å². The zero-order chi connectivity index (χ0) is 41.0. The molecule has 0 unspecified atom stereocenters. The second-order valence-corrected chi connectivity index (χ2v) is 15.0. The largest absolute Gasteiger partial charge is 0.497 e. The van der Waals surface area contributed by atoms with E-state index in [1.54, 1.807) is 46.3 Å². The van der Waals surface area contributed by atoms with Crippen molar-refractivity contribution in [2.45, 2.75) is 97.7 Å². The van der Waals surface area contributed by atoms with Crippen LogP contribution in [0.4, 0.5) is 0 Å². The summed E-state index contributed by atoms with van der Waals surface area (Å²) in [7, 11) is -0.334. The lowest BCUT2D eigenvalue weighted by Gasteiger charge is -2.24. The summed E-state index contributed by atoms with van der Waals surface area (Å²) in [6, 6.07) is 15.3. The number of methoxy groups -OCH3 is 2. The van der Waals surface area contributed by atoms with Crippen LogP contribution in [0.2, 0.25) is 0 Å². The first kappa shape index (κ1) is 48.0. The number of esters is 1. The van der Waals surface area contributed by atoms with E-state index in [-0.39, 0.29) is 25.1 Å². The van der Waals surface area contributed by atoms with Crippen molar-refractivity contribution in [2.75, 3.05) is 33.6 Å². The molecule has 0 bridgehead atoms. The van der Waals surface area contributed by atoms with Crippen LogP contribution in [0, 0.1) is 5.92 Å². The average Bonchev–Trinajstić information content (AvgIpc) is 3.20. The van der Waals surface area contributed by atoms with Crippen molar-refractivity contribution < 1.29 is 51.7 Å². The molecule has 56 heavy (non-hydrogen) atoms. The fraction of sp³-hybridized carbons (Fsp3) is 0.477. The topological polar surface area (TPSA) is 133 Å². The summed E-state index contributed by atoms with van der Waals surface area (Å²) in [5.41, 5.74) is 1.96. The van der Waals surface area contributed by atoms with Gasteiger partial charge in [0.25, 0.3) is 0 Å². The first-order valence-electron chi connectivity index (χ1n) is 19.3. The molecular formula is C44H61O11P. The number of carbonyl (C=O) groups excluding carboxylic acids is 3. The predicted octanol–water partition coefficient (Wildman–Crippen LogP) is 9.34. The van der Waals surface area contributed by atoms with Crippen LogP contribution in [0.3, 0.4) is 0 Å². The van der Waals surface area contributed by atoms with E-state index in [0.29, 0.717) is 51.7 Å². The second kappa shape index (κ2) is 28.3. The van der Waals surface area contributed by atoms with Gasteiger partial charge >= 0.3 is 13.6 Å². The normalized spacial score (nSPS) is 14.3. The third kappa shape index (κ3) is 19.6. The van der Waals surface area contributed by atoms with Crippen LogP contribution < -0.4 is 9.47 Å². The molecule has 4 atom stereocenters. The first-order valence-corrected chi connectivity index (χ1v) is 21.0. The lowest BCUT2D eigenvalue weighted by atomic mass is 9.94. The zero-order valence-electron chi connectivity index (χ0n) is 33.8. The zero-order valence-corrected chi connectivity index (χ0v) is 34.7. The third-order valence-corrected chi connectivity index (χ3v) is 10.7. The Kier molecular flexibility index (Phi) is 24.3. The number of ether oxygens (including phenoxy) is 5. The lowest BCUT2D eigenvalue weighted by molar-refractivity contribution is -0.146. The van der Waals surface area contributed by atoms with Crippen molar-refractivity contribution in [1.29, 1.82) is 0 Å². The van der Waals surface area contributed by atoms with Crippen molar-refractivity contribution in [3.05, 3.63) is 108 Å². The fourth-order valence-electron chi connectivity index (χ4n) is 5.58. The third-order valence-electron chi connectivity index (χ3n) is 8.76. The molecule has 0 N–H and O–H groups in total. The summed E-state index contributed by atoms with van der Waals surface area (Å²) in [6.07, 6.45) is 16.9. The number of aldehydes is 1. The molecule has 0 aliphatic carbocycles. The molecule has 0 saturated heterocycles. The summed E-state index contributed by atoms with van der Waals surface area (Å²) in [5.74, 6) is 0.360. The Hall–Kier alpha value is -4.12. The van der Waals surface area contributed by atoms with Crippen molar-refractivity contribution in [2.24, 2.45) is 5.92 Å². The van der Waals surface area contributed by atoms with Crippen LogP contribution >= 0.6 is 7.60 Å². The summed E-state index contributed by atoms with van der Waals surface area (Å²) in [5, 5.41) is 0. The fourth-order valence-corrected chi connectivity index (χ4v) is 7.01. The summed E-state index contributed by atoms with van der Waals surface area (Å²) < 4.78 is 52.1. The van der Waals surface area contributed by atoms with Gasteiger partial charge in [-0.3, -0.25) is 18.9 Å². The van der Waals surface area contributed by atoms with E-state index < -0.39 is 37.9 Å². The van der Waals surface area contributed by atoms with E-state index in [9.17, 15) is 18.9 Å². The highest BCUT2D eigenvalue weighted by Gasteiger charge is 2.30. The molecule has 0 aliphatic heterocycles. The maximum atomic E-state index is 13.4. The van der Waals surface area contributed by atoms with Crippen LogP contribution in [-0.4, -0.2) is 69.9 Å². The van der Waals surface area contributed by atoms with Gasteiger partial charge < -0.3 is 32.7 Å². The maximum Gasteiger partial charge on any atom is 0.341 e. The molecule has 0 spiro atoms. The number of carbonyl (C=O) groups is 3. The molecule has 0 saturated carbocycles. The molecule has 2 rings (SSSR count). The number of rotatable bonds is 30. The van der Waals surface area contributed by atoms with Crippen LogP contribution in [0.1, 0.15) is 77.3 Å². The lowest BCUT2D eigenvalue weighted by Crippen LogP contribution is -2.28. The molecule has 2 aromatic carbocycles. The SMILES string of the molecule is CCOP(=O)(CC(=O)O[C@@H](CC)CCC[C@H](OCc1ccc(OC)cc1)[C@@H](C)C(=O)/C=C/C=C/C[C@@H](C/C=C/C=C/C=O)OCc1ccc(OC)cc1)OCC. The van der Waals surface area contributed by atoms with Crippen molar-refractivity contribution >= 4 is 25.6 Å². The smallest absolute Gasteiger partial charge is 0.341 e. The molecule has 11 nitrogen and oxygen atoms in total. The molecular weight excluding hydrogens is 735 g/mol. The number of hydrogen-bond donors (Lipinski definition) is 0. The van der Waals surface area contributed by atoms with Crippen LogP contribution in [0.25, 0.3) is 0 Å². The van der Waals surface area contributed by atoms with E-state index in [1.165, 1.54) is 6.08 Å². The van der Waals surface area contributed by atoms with Crippen LogP contribution in [0.5, 0.6) is 11.5 Å². The van der Waals surface area contributed by atoms with Gasteiger partial charge in [0.2, 0.25) is 0 Å². The van der Waals surface area contributed by atoms with E-state index in [0.717, 1.165) is 28.9 Å². The van der Waals surface area contributed by atoms with Crippen molar-refractivity contribution in [3.63, 3.8) is 0 Å². The van der Waals surface area contributed by atoms with E-state index in [1.807, 2.05) is 86.7 Å². The number of ketones is 1. The first-order chi connectivity index (χ1) is 27.1. The Morgan fingerprint density at radius 3 is 1.79 bits per heavy atom. The molecule has 308 valence electrons. The number of hydrogen-bond acceptors (Lipinski definition) is 11. The molecule has 0 radical (unpaired) electrons. The summed E-state index contributed by atoms with van der Waals surface area (Å²) in [4.78, 5) is 36.7. The van der Waals surface area contributed by atoms with Gasteiger partial charge in [0.05, 0.1) is 52.9 Å². The van der Waals surface area contributed by atoms with Crippen LogP contribution in [-0.2, 0) is 55.4 Å². The highest BCUT2D eigenvalue weighted by molar-refractivity contribution is 7.54. The molecule has 0 fully saturated rings. The molecule has 0 amide bonds. The van der Waals surface area contributed by atoms with Gasteiger partial charge in [-0.25, -0.2) is 0 Å². The van der Waals surface area contributed by atoms with Gasteiger partial charge in [-0.1, -0.05) is 74.6 Å². The van der Waals surface area contributed by atoms with Gasteiger partial charge in [-0.15, -0.1) is 0 Å². The molecule has 12 heteroatoms. The summed E-state index contributed by atoms with van der Waals surface area (Å²) in [6.45, 7) is 8.21. The van der Waals surface area contributed by atoms with Gasteiger partial charge in [0.15, 0.2) is 5.78 Å². The monoisotopic (exact) mass is 796 g/mol. The van der Waals surface area contributed by atoms with E-state index in [2.05, 4.69) is 0 Å². The Morgan fingerprint density at radius 2 is 1.27 bits per heavy atom. The van der Waals surface area contributed by atoms with E-state index >= 15 is 0 Å².